The van der Waals surface area contributed by atoms with Gasteiger partial charge in [-0.3, -0.25) is 14.5 Å². The Balaban J connectivity index is 1.52. The molecule has 3 aromatic rings. The first-order valence-corrected chi connectivity index (χ1v) is 11.3. The maximum Gasteiger partial charge on any atom is 0.411 e. The molecule has 180 valence electrons. The van der Waals surface area contributed by atoms with Gasteiger partial charge in [-0.2, -0.15) is 0 Å². The minimum absolute atomic E-state index is 0.0284. The fourth-order valence-electron chi connectivity index (χ4n) is 4.14. The van der Waals surface area contributed by atoms with Crippen molar-refractivity contribution in [3.05, 3.63) is 107 Å². The normalized spacial score (nSPS) is 15.6. The Morgan fingerprint density at radius 2 is 1.66 bits per heavy atom. The molecule has 3 N–H and O–H groups in total. The molecule has 0 bridgehead atoms. The molecule has 1 aliphatic heterocycles. The highest BCUT2D eigenvalue weighted by atomic mass is 19.1. The van der Waals surface area contributed by atoms with Gasteiger partial charge in [-0.15, -0.1) is 0 Å². The molecule has 35 heavy (non-hydrogen) atoms. The molecule has 0 fully saturated rings. The summed E-state index contributed by atoms with van der Waals surface area (Å²) in [5.41, 5.74) is 8.72. The Bertz CT molecular complexity index is 1220. The van der Waals surface area contributed by atoms with E-state index in [0.29, 0.717) is 5.56 Å². The number of amides is 3. The zero-order chi connectivity index (χ0) is 24.8. The summed E-state index contributed by atoms with van der Waals surface area (Å²) in [4.78, 5) is 39.8. The van der Waals surface area contributed by atoms with Crippen LogP contribution in [0.5, 0.6) is 0 Å². The lowest BCUT2D eigenvalue weighted by atomic mass is 9.93. The highest BCUT2D eigenvalue weighted by molar-refractivity contribution is 5.91. The van der Waals surface area contributed by atoms with Crippen LogP contribution < -0.4 is 11.1 Å². The second-order valence-electron chi connectivity index (χ2n) is 8.45. The van der Waals surface area contributed by atoms with Gasteiger partial charge in [0.25, 0.3) is 0 Å². The molecule has 0 spiro atoms. The van der Waals surface area contributed by atoms with E-state index in [9.17, 15) is 18.8 Å². The zero-order valence-corrected chi connectivity index (χ0v) is 19.0. The summed E-state index contributed by atoms with van der Waals surface area (Å²) < 4.78 is 19.1. The van der Waals surface area contributed by atoms with Gasteiger partial charge in [-0.1, -0.05) is 66.7 Å². The lowest BCUT2D eigenvalue weighted by molar-refractivity contribution is -0.131. The number of nitrogens with two attached hydrogens (primary N) is 1. The van der Waals surface area contributed by atoms with Gasteiger partial charge in [-0.25, -0.2) is 9.18 Å². The van der Waals surface area contributed by atoms with Crippen LogP contribution >= 0.6 is 0 Å². The van der Waals surface area contributed by atoms with Crippen molar-refractivity contribution in [2.75, 3.05) is 0 Å². The molecule has 3 aromatic carbocycles. The summed E-state index contributed by atoms with van der Waals surface area (Å²) in [6.07, 6.45) is -0.349. The van der Waals surface area contributed by atoms with Gasteiger partial charge in [0, 0.05) is 12.8 Å². The summed E-state index contributed by atoms with van der Waals surface area (Å²) in [6, 6.07) is 20.6. The number of benzene rings is 3. The number of nitrogens with zero attached hydrogens (tertiary/aromatic N) is 1. The quantitative estimate of drug-likeness (QED) is 0.548. The van der Waals surface area contributed by atoms with Crippen LogP contribution in [0.15, 0.2) is 78.9 Å². The summed E-state index contributed by atoms with van der Waals surface area (Å²) >= 11 is 0. The third-order valence-electron chi connectivity index (χ3n) is 5.98. The predicted octanol–water partition coefficient (Wildman–Crippen LogP) is 3.10. The standard InChI is InChI=1S/C27H26FN3O4/c28-22-12-6-9-19(13-22)14-23(25(29)32)30-26(33)24-15-20-10-4-5-11-21(20)16-31(24)27(34)35-17-18-7-2-1-3-8-18/h1-13,23-24H,14-17H2,(H2,29,32)(H,30,33)/t23-,24+/m1/s1. The van der Waals surface area contributed by atoms with E-state index in [4.69, 9.17) is 10.5 Å². The Kier molecular flexibility index (Phi) is 7.40. The van der Waals surface area contributed by atoms with Gasteiger partial charge >= 0.3 is 6.09 Å². The van der Waals surface area contributed by atoms with E-state index >= 15 is 0 Å². The van der Waals surface area contributed by atoms with E-state index in [0.717, 1.165) is 16.7 Å². The maximum atomic E-state index is 13.6. The van der Waals surface area contributed by atoms with E-state index in [2.05, 4.69) is 5.32 Å². The lowest BCUT2D eigenvalue weighted by Gasteiger charge is -2.35. The molecular formula is C27H26FN3O4. The number of fused-ring (bicyclic) bond motifs is 1. The fourth-order valence-corrected chi connectivity index (χ4v) is 4.14. The van der Waals surface area contributed by atoms with E-state index in [1.165, 1.54) is 23.1 Å². The van der Waals surface area contributed by atoms with E-state index in [1.807, 2.05) is 54.6 Å². The summed E-state index contributed by atoms with van der Waals surface area (Å²) in [6.45, 7) is 0.253. The molecule has 0 radical (unpaired) electrons. The molecule has 2 atom stereocenters. The van der Waals surface area contributed by atoms with E-state index < -0.39 is 35.8 Å². The van der Waals surface area contributed by atoms with Crippen molar-refractivity contribution in [3.63, 3.8) is 0 Å². The van der Waals surface area contributed by atoms with Gasteiger partial charge in [0.1, 0.15) is 24.5 Å². The van der Waals surface area contributed by atoms with Crippen molar-refractivity contribution in [3.8, 4) is 0 Å². The van der Waals surface area contributed by atoms with Gasteiger partial charge < -0.3 is 15.8 Å². The van der Waals surface area contributed by atoms with Crippen LogP contribution in [-0.2, 0) is 40.3 Å². The number of primary amides is 1. The van der Waals surface area contributed by atoms with E-state index in [1.54, 1.807) is 6.07 Å². The molecule has 0 unspecified atom stereocenters. The molecule has 4 rings (SSSR count). The maximum absolute atomic E-state index is 13.6. The summed E-state index contributed by atoms with van der Waals surface area (Å²) in [7, 11) is 0. The van der Waals surface area contributed by atoms with E-state index in [-0.39, 0.29) is 26.0 Å². The molecule has 8 heteroatoms. The number of carbonyl (C=O) groups is 3. The second kappa shape index (κ2) is 10.8. The van der Waals surface area contributed by atoms with Crippen LogP contribution in [0.3, 0.4) is 0 Å². The SMILES string of the molecule is NC(=O)[C@@H](Cc1cccc(F)c1)NC(=O)[C@@H]1Cc2ccccc2CN1C(=O)OCc1ccccc1. The molecule has 1 aliphatic rings. The van der Waals surface area contributed by atoms with Crippen molar-refractivity contribution in [1.29, 1.82) is 0 Å². The third kappa shape index (κ3) is 6.03. The Morgan fingerprint density at radius 3 is 2.37 bits per heavy atom. The lowest BCUT2D eigenvalue weighted by Crippen LogP contribution is -2.56. The number of hydrogen-bond acceptors (Lipinski definition) is 4. The van der Waals surface area contributed by atoms with Crippen LogP contribution in [-0.4, -0.2) is 34.9 Å². The Labute approximate surface area is 202 Å². The number of hydrogen-bond donors (Lipinski definition) is 2. The van der Waals surface area contributed by atoms with Crippen molar-refractivity contribution in [1.82, 2.24) is 10.2 Å². The van der Waals surface area contributed by atoms with Crippen LogP contribution in [0.4, 0.5) is 9.18 Å². The van der Waals surface area contributed by atoms with Crippen molar-refractivity contribution < 1.29 is 23.5 Å². The first-order chi connectivity index (χ1) is 16.9. The molecule has 1 heterocycles. The average molecular weight is 476 g/mol. The van der Waals surface area contributed by atoms with Gasteiger partial charge in [0.05, 0.1) is 6.54 Å². The zero-order valence-electron chi connectivity index (χ0n) is 19.0. The Hall–Kier alpha value is -4.20. The topological polar surface area (TPSA) is 102 Å². The molecular weight excluding hydrogens is 449 g/mol. The predicted molar refractivity (Wildman–Crippen MR) is 127 cm³/mol. The summed E-state index contributed by atoms with van der Waals surface area (Å²) in [5, 5.41) is 2.66. The van der Waals surface area contributed by atoms with Crippen molar-refractivity contribution in [2.24, 2.45) is 5.73 Å². The molecule has 7 nitrogen and oxygen atoms in total. The van der Waals surface area contributed by atoms with Crippen molar-refractivity contribution in [2.45, 2.75) is 38.1 Å². The van der Waals surface area contributed by atoms with Crippen molar-refractivity contribution >= 4 is 17.9 Å². The number of ether oxygens (including phenoxy) is 1. The number of halogens is 1. The van der Waals surface area contributed by atoms with Gasteiger partial charge in [0.2, 0.25) is 11.8 Å². The number of rotatable bonds is 7. The van der Waals surface area contributed by atoms with Crippen LogP contribution in [0, 0.1) is 5.82 Å². The largest absolute Gasteiger partial charge is 0.445 e. The van der Waals surface area contributed by atoms with Crippen LogP contribution in [0.1, 0.15) is 22.3 Å². The first-order valence-electron chi connectivity index (χ1n) is 11.3. The third-order valence-corrected chi connectivity index (χ3v) is 5.98. The molecule has 0 aromatic heterocycles. The van der Waals surface area contributed by atoms with Crippen LogP contribution in [0.25, 0.3) is 0 Å². The van der Waals surface area contributed by atoms with Gasteiger partial charge in [-0.05, 0) is 34.4 Å². The number of nitrogens with one attached hydrogen (secondary N) is 1. The highest BCUT2D eigenvalue weighted by Crippen LogP contribution is 2.25. The average Bonchev–Trinajstić information content (AvgIpc) is 2.86. The fraction of sp³-hybridized carbons (Fsp3) is 0.222. The number of carbonyl (C=O) groups excluding carboxylic acids is 3. The first kappa shape index (κ1) is 23.9. The Morgan fingerprint density at radius 1 is 0.971 bits per heavy atom. The van der Waals surface area contributed by atoms with Crippen LogP contribution in [0.2, 0.25) is 0 Å². The molecule has 0 aliphatic carbocycles. The molecule has 0 saturated heterocycles. The molecule has 3 amide bonds. The summed E-state index contributed by atoms with van der Waals surface area (Å²) in [5.74, 6) is -1.73. The monoisotopic (exact) mass is 475 g/mol. The molecule has 0 saturated carbocycles. The highest BCUT2D eigenvalue weighted by Gasteiger charge is 2.37. The smallest absolute Gasteiger partial charge is 0.411 e. The second-order valence-corrected chi connectivity index (χ2v) is 8.45. The van der Waals surface area contributed by atoms with Gasteiger partial charge in [0.15, 0.2) is 0 Å². The minimum atomic E-state index is -1.07. The minimum Gasteiger partial charge on any atom is -0.445 e.